The predicted molar refractivity (Wildman–Crippen MR) is 60.2 cm³/mol. The molecule has 82 valence electrons. The third-order valence-corrected chi connectivity index (χ3v) is 4.71. The van der Waals surface area contributed by atoms with Crippen molar-refractivity contribution in [1.29, 1.82) is 0 Å². The van der Waals surface area contributed by atoms with E-state index in [2.05, 4.69) is 12.3 Å². The van der Waals surface area contributed by atoms with E-state index in [9.17, 15) is 0 Å². The Morgan fingerprint density at radius 2 is 2.33 bits per heavy atom. The monoisotopic (exact) mass is 224 g/mol. The third kappa shape index (κ3) is 1.61. The number of thiazole rings is 1. The highest BCUT2D eigenvalue weighted by atomic mass is 32.1. The van der Waals surface area contributed by atoms with Crippen LogP contribution in [0.15, 0.2) is 5.38 Å². The van der Waals surface area contributed by atoms with Crippen LogP contribution in [0.25, 0.3) is 0 Å². The Balaban J connectivity index is 1.84. The van der Waals surface area contributed by atoms with Crippen molar-refractivity contribution in [2.75, 3.05) is 13.2 Å². The molecule has 0 radical (unpaired) electrons. The Bertz CT molecular complexity index is 372. The minimum atomic E-state index is 0.131. The number of nitrogens with zero attached hydrogens (tertiary/aromatic N) is 1. The summed E-state index contributed by atoms with van der Waals surface area (Å²) in [5.74, 6) is 0.317. The number of hydrogen-bond donors (Lipinski definition) is 1. The highest BCUT2D eigenvalue weighted by molar-refractivity contribution is 7.09. The zero-order valence-corrected chi connectivity index (χ0v) is 9.72. The van der Waals surface area contributed by atoms with Crippen molar-refractivity contribution >= 4 is 11.3 Å². The lowest BCUT2D eigenvalue weighted by molar-refractivity contribution is 0.190. The molecule has 1 saturated heterocycles. The summed E-state index contributed by atoms with van der Waals surface area (Å²) in [5, 5.41) is 3.45. The van der Waals surface area contributed by atoms with Gasteiger partial charge in [0, 0.05) is 22.8 Å². The van der Waals surface area contributed by atoms with Gasteiger partial charge in [-0.05, 0) is 12.8 Å². The molecule has 2 atom stereocenters. The lowest BCUT2D eigenvalue weighted by atomic mass is 10.0. The van der Waals surface area contributed by atoms with E-state index in [0.29, 0.717) is 17.9 Å². The molecule has 1 aliphatic carbocycles. The van der Waals surface area contributed by atoms with Gasteiger partial charge in [0.1, 0.15) is 0 Å². The van der Waals surface area contributed by atoms with Gasteiger partial charge in [0.15, 0.2) is 0 Å². The molecule has 2 unspecified atom stereocenters. The van der Waals surface area contributed by atoms with E-state index in [0.717, 1.165) is 12.3 Å². The fourth-order valence-corrected chi connectivity index (χ4v) is 3.12. The Kier molecular flexibility index (Phi) is 2.13. The fraction of sp³-hybridized carbons (Fsp3) is 0.727. The zero-order chi connectivity index (χ0) is 10.5. The van der Waals surface area contributed by atoms with E-state index in [1.807, 2.05) is 0 Å². The standard InChI is InChI=1S/C11H16N2OS/c1-11(2-3-11)10-13-9(6-15-10)7-4-14-5-8(7)12/h6-8H,2-5,12H2,1H3. The van der Waals surface area contributed by atoms with Gasteiger partial charge in [-0.1, -0.05) is 6.92 Å². The van der Waals surface area contributed by atoms with E-state index in [4.69, 9.17) is 15.5 Å². The van der Waals surface area contributed by atoms with Crippen LogP contribution >= 0.6 is 11.3 Å². The molecule has 3 rings (SSSR count). The second-order valence-corrected chi connectivity index (χ2v) is 5.80. The van der Waals surface area contributed by atoms with E-state index in [1.165, 1.54) is 17.8 Å². The normalized spacial score (nSPS) is 33.2. The maximum absolute atomic E-state index is 5.98. The van der Waals surface area contributed by atoms with Gasteiger partial charge >= 0.3 is 0 Å². The molecule has 2 heterocycles. The molecule has 1 aromatic heterocycles. The summed E-state index contributed by atoms with van der Waals surface area (Å²) in [4.78, 5) is 4.73. The lowest BCUT2D eigenvalue weighted by Crippen LogP contribution is -2.27. The number of rotatable bonds is 2. The van der Waals surface area contributed by atoms with Gasteiger partial charge in [0.25, 0.3) is 0 Å². The van der Waals surface area contributed by atoms with Crippen LogP contribution in [0.5, 0.6) is 0 Å². The molecule has 4 heteroatoms. The fourth-order valence-electron chi connectivity index (χ4n) is 2.01. The van der Waals surface area contributed by atoms with E-state index in [-0.39, 0.29) is 6.04 Å². The first-order chi connectivity index (χ1) is 7.19. The van der Waals surface area contributed by atoms with E-state index >= 15 is 0 Å². The van der Waals surface area contributed by atoms with Crippen LogP contribution in [0.1, 0.15) is 36.4 Å². The van der Waals surface area contributed by atoms with Gasteiger partial charge in [-0.3, -0.25) is 0 Å². The second kappa shape index (κ2) is 3.27. The summed E-state index contributed by atoms with van der Waals surface area (Å²) in [6.07, 6.45) is 2.57. The molecule has 15 heavy (non-hydrogen) atoms. The zero-order valence-electron chi connectivity index (χ0n) is 8.90. The summed E-state index contributed by atoms with van der Waals surface area (Å²) >= 11 is 1.79. The minimum absolute atomic E-state index is 0.131. The molecule has 0 bridgehead atoms. The highest BCUT2D eigenvalue weighted by Crippen LogP contribution is 2.49. The first-order valence-electron chi connectivity index (χ1n) is 5.48. The Labute approximate surface area is 93.7 Å². The maximum Gasteiger partial charge on any atom is 0.0987 e. The molecule has 0 aromatic carbocycles. The quantitative estimate of drug-likeness (QED) is 0.830. The van der Waals surface area contributed by atoms with Crippen LogP contribution in [0, 0.1) is 0 Å². The number of nitrogens with two attached hydrogens (primary N) is 1. The molecule has 2 fully saturated rings. The van der Waals surface area contributed by atoms with Crippen molar-refractivity contribution in [3.05, 3.63) is 16.1 Å². The SMILES string of the molecule is CC1(c2nc(C3COCC3N)cs2)CC1. The van der Waals surface area contributed by atoms with E-state index < -0.39 is 0 Å². The Morgan fingerprint density at radius 1 is 1.53 bits per heavy atom. The topological polar surface area (TPSA) is 48.1 Å². The van der Waals surface area contributed by atoms with Crippen LogP contribution in [-0.2, 0) is 10.2 Å². The van der Waals surface area contributed by atoms with Crippen molar-refractivity contribution in [1.82, 2.24) is 4.98 Å². The average Bonchev–Trinajstić information content (AvgIpc) is 2.70. The number of ether oxygens (including phenoxy) is 1. The highest BCUT2D eigenvalue weighted by Gasteiger charge is 2.42. The summed E-state index contributed by atoms with van der Waals surface area (Å²) in [6.45, 7) is 3.70. The van der Waals surface area contributed by atoms with Crippen LogP contribution in [-0.4, -0.2) is 24.2 Å². The predicted octanol–water partition coefficient (Wildman–Crippen LogP) is 1.64. The molecule has 1 aliphatic heterocycles. The minimum Gasteiger partial charge on any atom is -0.379 e. The van der Waals surface area contributed by atoms with E-state index in [1.54, 1.807) is 11.3 Å². The van der Waals surface area contributed by atoms with Crippen molar-refractivity contribution in [3.8, 4) is 0 Å². The molecule has 1 aromatic rings. The molecule has 2 N–H and O–H groups in total. The van der Waals surface area contributed by atoms with Crippen molar-refractivity contribution in [3.63, 3.8) is 0 Å². The Morgan fingerprint density at radius 3 is 2.93 bits per heavy atom. The van der Waals surface area contributed by atoms with Crippen molar-refractivity contribution in [2.45, 2.75) is 37.1 Å². The van der Waals surface area contributed by atoms with Crippen LogP contribution in [0.3, 0.4) is 0 Å². The molecule has 0 spiro atoms. The molecule has 1 saturated carbocycles. The molecular weight excluding hydrogens is 208 g/mol. The van der Waals surface area contributed by atoms with Crippen molar-refractivity contribution in [2.24, 2.45) is 5.73 Å². The average molecular weight is 224 g/mol. The van der Waals surface area contributed by atoms with Gasteiger partial charge in [0.2, 0.25) is 0 Å². The van der Waals surface area contributed by atoms with Crippen LogP contribution < -0.4 is 5.73 Å². The van der Waals surface area contributed by atoms with Crippen LogP contribution in [0.2, 0.25) is 0 Å². The molecular formula is C11H16N2OS. The van der Waals surface area contributed by atoms with Crippen LogP contribution in [0.4, 0.5) is 0 Å². The first kappa shape index (κ1) is 9.75. The maximum atomic E-state index is 5.98. The molecule has 3 nitrogen and oxygen atoms in total. The first-order valence-corrected chi connectivity index (χ1v) is 6.36. The van der Waals surface area contributed by atoms with Crippen molar-refractivity contribution < 1.29 is 4.74 Å². The summed E-state index contributed by atoms with van der Waals surface area (Å²) in [5.41, 5.74) is 7.51. The second-order valence-electron chi connectivity index (χ2n) is 4.95. The largest absolute Gasteiger partial charge is 0.379 e. The van der Waals surface area contributed by atoms with Gasteiger partial charge in [-0.2, -0.15) is 0 Å². The summed E-state index contributed by atoms with van der Waals surface area (Å²) < 4.78 is 5.37. The smallest absolute Gasteiger partial charge is 0.0987 e. The Hall–Kier alpha value is -0.450. The molecule has 0 amide bonds. The van der Waals surface area contributed by atoms with Gasteiger partial charge in [0.05, 0.1) is 23.9 Å². The number of aromatic nitrogens is 1. The van der Waals surface area contributed by atoms with Gasteiger partial charge < -0.3 is 10.5 Å². The number of hydrogen-bond acceptors (Lipinski definition) is 4. The van der Waals surface area contributed by atoms with Gasteiger partial charge in [-0.25, -0.2) is 4.98 Å². The summed E-state index contributed by atoms with van der Waals surface area (Å²) in [6, 6.07) is 0.131. The lowest BCUT2D eigenvalue weighted by Gasteiger charge is -2.09. The summed E-state index contributed by atoms with van der Waals surface area (Å²) in [7, 11) is 0. The van der Waals surface area contributed by atoms with Gasteiger partial charge in [-0.15, -0.1) is 11.3 Å². The third-order valence-electron chi connectivity index (χ3n) is 3.54. The molecule has 2 aliphatic rings.